The van der Waals surface area contributed by atoms with Gasteiger partial charge in [0, 0.05) is 11.6 Å². The van der Waals surface area contributed by atoms with E-state index in [4.69, 9.17) is 14.2 Å². The highest BCUT2D eigenvalue weighted by atomic mass is 16.5. The summed E-state index contributed by atoms with van der Waals surface area (Å²) in [6.07, 6.45) is 1.71. The first-order valence-electron chi connectivity index (χ1n) is 7.98. The summed E-state index contributed by atoms with van der Waals surface area (Å²) >= 11 is 0. The van der Waals surface area contributed by atoms with Gasteiger partial charge in [-0.15, -0.1) is 0 Å². The molecule has 0 aliphatic rings. The number of fused-ring (bicyclic) bond motifs is 1. The number of aryl methyl sites for hydroxylation is 1. The highest BCUT2D eigenvalue weighted by Crippen LogP contribution is 2.36. The molecule has 132 valence electrons. The van der Waals surface area contributed by atoms with Crippen molar-refractivity contribution in [2.45, 2.75) is 6.92 Å². The van der Waals surface area contributed by atoms with Gasteiger partial charge < -0.3 is 19.2 Å². The Bertz CT molecular complexity index is 1030. The summed E-state index contributed by atoms with van der Waals surface area (Å²) < 4.78 is 16.1. The first-order chi connectivity index (χ1) is 12.6. The molecule has 0 aliphatic heterocycles. The molecule has 0 amide bonds. The summed E-state index contributed by atoms with van der Waals surface area (Å²) in [6.45, 7) is 2.01. The molecule has 1 heterocycles. The summed E-state index contributed by atoms with van der Waals surface area (Å²) in [4.78, 5) is 7.71. The minimum Gasteiger partial charge on any atom is -0.496 e. The van der Waals surface area contributed by atoms with E-state index in [0.29, 0.717) is 34.2 Å². The molecule has 0 bridgehead atoms. The maximum absolute atomic E-state index is 9.64. The zero-order valence-corrected chi connectivity index (χ0v) is 15.1. The Morgan fingerprint density at radius 2 is 1.73 bits per heavy atom. The Morgan fingerprint density at radius 3 is 2.38 bits per heavy atom. The number of rotatable bonds is 5. The number of ether oxygens (including phenoxy) is 3. The number of aromatic nitrogens is 2. The first kappa shape index (κ1) is 17.4. The number of allylic oxidation sites excluding steroid dienone is 1. The minimum absolute atomic E-state index is 0.393. The Balaban J connectivity index is 2.12. The molecule has 3 aromatic rings. The molecule has 0 atom stereocenters. The van der Waals surface area contributed by atoms with Crippen LogP contribution in [0.3, 0.4) is 0 Å². The van der Waals surface area contributed by atoms with E-state index in [0.717, 1.165) is 16.6 Å². The van der Waals surface area contributed by atoms with Crippen molar-refractivity contribution < 1.29 is 14.2 Å². The van der Waals surface area contributed by atoms with Gasteiger partial charge in [0.15, 0.2) is 11.5 Å². The van der Waals surface area contributed by atoms with Gasteiger partial charge in [-0.25, -0.2) is 4.98 Å². The number of hydrogen-bond acceptors (Lipinski definition) is 5. The van der Waals surface area contributed by atoms with Crippen molar-refractivity contribution in [2.75, 3.05) is 21.3 Å². The maximum Gasteiger partial charge on any atom is 0.164 e. The lowest BCUT2D eigenvalue weighted by molar-refractivity contribution is 0.348. The van der Waals surface area contributed by atoms with Crippen LogP contribution in [-0.4, -0.2) is 31.3 Å². The van der Waals surface area contributed by atoms with Gasteiger partial charge in [-0.3, -0.25) is 0 Å². The number of methoxy groups -OCH3 is 3. The fourth-order valence-electron chi connectivity index (χ4n) is 2.73. The fraction of sp³-hybridized carbons (Fsp3) is 0.200. The van der Waals surface area contributed by atoms with E-state index in [1.165, 1.54) is 0 Å². The quantitative estimate of drug-likeness (QED) is 0.705. The van der Waals surface area contributed by atoms with Crippen LogP contribution in [0.4, 0.5) is 0 Å². The molecule has 2 aromatic carbocycles. The van der Waals surface area contributed by atoms with E-state index in [1.807, 2.05) is 25.1 Å². The molecule has 26 heavy (non-hydrogen) atoms. The minimum atomic E-state index is 0.393. The van der Waals surface area contributed by atoms with Crippen LogP contribution >= 0.6 is 0 Å². The number of imidazole rings is 1. The van der Waals surface area contributed by atoms with Crippen molar-refractivity contribution in [2.24, 2.45) is 0 Å². The highest BCUT2D eigenvalue weighted by molar-refractivity contribution is 5.91. The van der Waals surface area contributed by atoms with Crippen LogP contribution in [0.2, 0.25) is 0 Å². The molecule has 0 radical (unpaired) electrons. The van der Waals surface area contributed by atoms with E-state index in [2.05, 4.69) is 16.0 Å². The van der Waals surface area contributed by atoms with Gasteiger partial charge in [0.1, 0.15) is 17.6 Å². The average molecular weight is 349 g/mol. The number of benzene rings is 2. The van der Waals surface area contributed by atoms with Crippen LogP contribution in [0.1, 0.15) is 17.0 Å². The number of aromatic amines is 1. The fourth-order valence-corrected chi connectivity index (χ4v) is 2.73. The molecule has 0 fully saturated rings. The van der Waals surface area contributed by atoms with Crippen molar-refractivity contribution in [3.8, 4) is 23.3 Å². The number of hydrogen-bond donors (Lipinski definition) is 1. The maximum atomic E-state index is 9.64. The normalized spacial score (nSPS) is 11.3. The van der Waals surface area contributed by atoms with Gasteiger partial charge in [-0.05, 0) is 36.8 Å². The molecule has 1 N–H and O–H groups in total. The monoisotopic (exact) mass is 349 g/mol. The van der Waals surface area contributed by atoms with Crippen LogP contribution in [0, 0.1) is 18.3 Å². The average Bonchev–Trinajstić information content (AvgIpc) is 3.08. The van der Waals surface area contributed by atoms with Crippen molar-refractivity contribution in [1.82, 2.24) is 9.97 Å². The third kappa shape index (κ3) is 3.20. The van der Waals surface area contributed by atoms with Crippen LogP contribution in [0.15, 0.2) is 30.3 Å². The lowest BCUT2D eigenvalue weighted by Crippen LogP contribution is -1.95. The van der Waals surface area contributed by atoms with E-state index in [1.54, 1.807) is 39.5 Å². The van der Waals surface area contributed by atoms with E-state index in [9.17, 15) is 5.26 Å². The Hall–Kier alpha value is -3.46. The summed E-state index contributed by atoms with van der Waals surface area (Å²) in [6, 6.07) is 11.6. The smallest absolute Gasteiger partial charge is 0.164 e. The zero-order valence-electron chi connectivity index (χ0n) is 15.1. The Labute approximate surface area is 151 Å². The predicted octanol–water partition coefficient (Wildman–Crippen LogP) is 3.96. The van der Waals surface area contributed by atoms with Crippen LogP contribution in [0.5, 0.6) is 17.2 Å². The zero-order chi connectivity index (χ0) is 18.7. The number of H-pyrrole nitrogens is 1. The molecule has 6 nitrogen and oxygen atoms in total. The van der Waals surface area contributed by atoms with E-state index >= 15 is 0 Å². The summed E-state index contributed by atoms with van der Waals surface area (Å²) in [5, 5.41) is 9.64. The molecular weight excluding hydrogens is 330 g/mol. The second-order valence-electron chi connectivity index (χ2n) is 5.72. The van der Waals surface area contributed by atoms with Gasteiger partial charge >= 0.3 is 0 Å². The van der Waals surface area contributed by atoms with Crippen molar-refractivity contribution in [3.05, 3.63) is 47.3 Å². The van der Waals surface area contributed by atoms with Crippen molar-refractivity contribution in [3.63, 3.8) is 0 Å². The second kappa shape index (κ2) is 7.19. The third-order valence-corrected chi connectivity index (χ3v) is 4.05. The van der Waals surface area contributed by atoms with Gasteiger partial charge in [-0.1, -0.05) is 6.07 Å². The second-order valence-corrected chi connectivity index (χ2v) is 5.72. The predicted molar refractivity (Wildman–Crippen MR) is 100 cm³/mol. The molecule has 6 heteroatoms. The van der Waals surface area contributed by atoms with Crippen LogP contribution in [-0.2, 0) is 0 Å². The van der Waals surface area contributed by atoms with Gasteiger partial charge in [-0.2, -0.15) is 5.26 Å². The lowest BCUT2D eigenvalue weighted by atomic mass is 10.1. The summed E-state index contributed by atoms with van der Waals surface area (Å²) in [7, 11) is 4.68. The van der Waals surface area contributed by atoms with Gasteiger partial charge in [0.2, 0.25) is 0 Å². The molecule has 0 saturated heterocycles. The third-order valence-electron chi connectivity index (χ3n) is 4.05. The molecule has 0 aliphatic carbocycles. The molecule has 0 saturated carbocycles. The summed E-state index contributed by atoms with van der Waals surface area (Å²) in [5.41, 5.74) is 3.91. The molecular formula is C20H19N3O3. The van der Waals surface area contributed by atoms with Gasteiger partial charge in [0.05, 0.1) is 37.9 Å². The molecule has 1 aromatic heterocycles. The van der Waals surface area contributed by atoms with Gasteiger partial charge in [0.25, 0.3) is 0 Å². The van der Waals surface area contributed by atoms with Crippen LogP contribution in [0.25, 0.3) is 22.7 Å². The molecule has 0 unspecified atom stereocenters. The van der Waals surface area contributed by atoms with E-state index < -0.39 is 0 Å². The van der Waals surface area contributed by atoms with Crippen molar-refractivity contribution in [1.29, 1.82) is 5.26 Å². The van der Waals surface area contributed by atoms with Crippen LogP contribution < -0.4 is 14.2 Å². The lowest BCUT2D eigenvalue weighted by Gasteiger charge is -2.12. The SMILES string of the molecule is COc1cc(OC)c(OC)cc1C=C(C#N)c1nc2ccc(C)cc2[nH]1. The highest BCUT2D eigenvalue weighted by Gasteiger charge is 2.13. The number of nitriles is 1. The molecule has 0 spiro atoms. The number of nitrogens with one attached hydrogen (secondary N) is 1. The Morgan fingerprint density at radius 1 is 1.04 bits per heavy atom. The standard InChI is InChI=1S/C20H19N3O3/c1-12-5-6-15-16(7-12)23-20(22-15)14(11-21)8-13-9-18(25-3)19(26-4)10-17(13)24-2/h5-10H,1-4H3,(H,22,23). The Kier molecular flexibility index (Phi) is 4.81. The first-order valence-corrected chi connectivity index (χ1v) is 7.98. The topological polar surface area (TPSA) is 80.2 Å². The number of nitrogens with zero attached hydrogens (tertiary/aromatic N) is 2. The largest absolute Gasteiger partial charge is 0.496 e. The summed E-state index contributed by atoms with van der Waals surface area (Å²) in [5.74, 6) is 2.18. The van der Waals surface area contributed by atoms with Crippen molar-refractivity contribution >= 4 is 22.7 Å². The van der Waals surface area contributed by atoms with E-state index in [-0.39, 0.29) is 0 Å². The molecule has 3 rings (SSSR count).